The Balaban J connectivity index is 2.09. The van der Waals surface area contributed by atoms with Gasteiger partial charge in [0.25, 0.3) is 0 Å². The Kier molecular flexibility index (Phi) is 7.37. The minimum atomic E-state index is -0.180. The monoisotopic (exact) mass is 384 g/mol. The minimum Gasteiger partial charge on any atom is -0.493 e. The number of ketones is 1. The Morgan fingerprint density at radius 1 is 1.25 bits per heavy atom. The topological polar surface area (TPSA) is 99.4 Å². The van der Waals surface area contributed by atoms with Crippen molar-refractivity contribution in [3.63, 3.8) is 0 Å². The van der Waals surface area contributed by atoms with E-state index in [2.05, 4.69) is 15.3 Å². The van der Waals surface area contributed by atoms with E-state index in [0.29, 0.717) is 40.9 Å². The third-order valence-corrected chi connectivity index (χ3v) is 4.13. The average Bonchev–Trinajstić information content (AvgIpc) is 2.67. The van der Waals surface area contributed by atoms with E-state index in [-0.39, 0.29) is 11.7 Å². The van der Waals surface area contributed by atoms with Gasteiger partial charge in [0, 0.05) is 24.5 Å². The summed E-state index contributed by atoms with van der Waals surface area (Å²) in [5, 5.41) is 3.22. The number of methoxy groups -OCH3 is 2. The highest BCUT2D eigenvalue weighted by molar-refractivity contribution is 6.05. The second-order valence-corrected chi connectivity index (χ2v) is 6.77. The van der Waals surface area contributed by atoms with Gasteiger partial charge in [0.05, 0.1) is 25.5 Å². The third-order valence-electron chi connectivity index (χ3n) is 4.13. The molecule has 0 bridgehead atoms. The smallest absolute Gasteiger partial charge is 0.222 e. The van der Waals surface area contributed by atoms with Crippen LogP contribution in [-0.4, -0.2) is 36.5 Å². The van der Waals surface area contributed by atoms with Crippen LogP contribution in [0.25, 0.3) is 0 Å². The van der Waals surface area contributed by atoms with Gasteiger partial charge < -0.3 is 20.5 Å². The Bertz CT molecular complexity index is 859. The molecule has 1 aromatic carbocycles. The lowest BCUT2D eigenvalue weighted by molar-refractivity contribution is 0.104. The van der Waals surface area contributed by atoms with Crippen molar-refractivity contribution >= 4 is 11.7 Å². The molecule has 0 unspecified atom stereocenters. The van der Waals surface area contributed by atoms with E-state index in [1.165, 1.54) is 6.08 Å². The van der Waals surface area contributed by atoms with Crippen molar-refractivity contribution in [1.29, 1.82) is 0 Å². The zero-order chi connectivity index (χ0) is 20.7. The molecule has 0 atom stereocenters. The van der Waals surface area contributed by atoms with Crippen LogP contribution in [0.15, 0.2) is 36.2 Å². The Morgan fingerprint density at radius 3 is 2.57 bits per heavy atom. The molecule has 150 valence electrons. The lowest BCUT2D eigenvalue weighted by Gasteiger charge is -2.13. The first kappa shape index (κ1) is 21.2. The van der Waals surface area contributed by atoms with Crippen molar-refractivity contribution < 1.29 is 14.3 Å². The highest BCUT2D eigenvalue weighted by Crippen LogP contribution is 2.27. The minimum absolute atomic E-state index is 0.0832. The molecule has 3 N–H and O–H groups in total. The summed E-state index contributed by atoms with van der Waals surface area (Å²) in [5.41, 5.74) is 8.35. The molecule has 1 aromatic heterocycles. The van der Waals surface area contributed by atoms with Crippen molar-refractivity contribution in [2.75, 3.05) is 26.1 Å². The van der Waals surface area contributed by atoms with E-state index in [1.807, 2.05) is 32.0 Å². The van der Waals surface area contributed by atoms with Crippen LogP contribution in [0.3, 0.4) is 0 Å². The van der Waals surface area contributed by atoms with Gasteiger partial charge >= 0.3 is 0 Å². The molecule has 0 spiro atoms. The number of rotatable bonds is 9. The first-order chi connectivity index (χ1) is 13.3. The van der Waals surface area contributed by atoms with Crippen molar-refractivity contribution in [3.8, 4) is 11.5 Å². The summed E-state index contributed by atoms with van der Waals surface area (Å²) in [6.07, 6.45) is 3.72. The molecular formula is C21H28N4O3. The van der Waals surface area contributed by atoms with Crippen molar-refractivity contribution in [2.24, 2.45) is 5.73 Å². The normalized spacial score (nSPS) is 11.4. The number of nitrogens with zero attached hydrogens (tertiary/aromatic N) is 2. The summed E-state index contributed by atoms with van der Waals surface area (Å²) in [6.45, 7) is 6.30. The molecule has 0 saturated heterocycles. The molecule has 0 amide bonds. The van der Waals surface area contributed by atoms with Crippen molar-refractivity contribution in [3.05, 3.63) is 53.0 Å². The number of nitrogens with two attached hydrogens (primary N) is 1. The number of hydrogen-bond donors (Lipinski definition) is 2. The second-order valence-electron chi connectivity index (χ2n) is 6.77. The van der Waals surface area contributed by atoms with Gasteiger partial charge in [-0.1, -0.05) is 19.9 Å². The van der Waals surface area contributed by atoms with Crippen LogP contribution in [0.4, 0.5) is 5.95 Å². The van der Waals surface area contributed by atoms with Gasteiger partial charge in [-0.15, -0.1) is 0 Å². The molecule has 2 aromatic rings. The Morgan fingerprint density at radius 2 is 1.96 bits per heavy atom. The summed E-state index contributed by atoms with van der Waals surface area (Å²) in [6, 6.07) is 5.83. The molecule has 1 heterocycles. The summed E-state index contributed by atoms with van der Waals surface area (Å²) in [5.74, 6) is 1.80. The number of nitrogens with one attached hydrogen (secondary N) is 1. The molecule has 0 aliphatic rings. The first-order valence-corrected chi connectivity index (χ1v) is 9.15. The fourth-order valence-corrected chi connectivity index (χ4v) is 2.75. The van der Waals surface area contributed by atoms with E-state index >= 15 is 0 Å². The van der Waals surface area contributed by atoms with Gasteiger partial charge in [0.15, 0.2) is 17.3 Å². The van der Waals surface area contributed by atoms with E-state index in [1.54, 1.807) is 27.3 Å². The van der Waals surface area contributed by atoms with Crippen LogP contribution in [-0.2, 0) is 6.42 Å². The maximum Gasteiger partial charge on any atom is 0.222 e. The maximum absolute atomic E-state index is 12.3. The lowest BCUT2D eigenvalue weighted by Crippen LogP contribution is -2.13. The number of ether oxygens (including phenoxy) is 2. The molecule has 0 aliphatic carbocycles. The van der Waals surface area contributed by atoms with Crippen LogP contribution in [0, 0.1) is 0 Å². The average molecular weight is 384 g/mol. The quantitative estimate of drug-likeness (QED) is 0.505. The van der Waals surface area contributed by atoms with Crippen LogP contribution >= 0.6 is 0 Å². The highest BCUT2D eigenvalue weighted by atomic mass is 16.5. The number of aromatic nitrogens is 2. The van der Waals surface area contributed by atoms with Gasteiger partial charge in [0.2, 0.25) is 5.95 Å². The van der Waals surface area contributed by atoms with E-state index in [9.17, 15) is 4.79 Å². The van der Waals surface area contributed by atoms with Crippen molar-refractivity contribution in [1.82, 2.24) is 9.97 Å². The third kappa shape index (κ3) is 5.45. The van der Waals surface area contributed by atoms with Crippen LogP contribution in [0.2, 0.25) is 0 Å². The number of hydrogen-bond acceptors (Lipinski definition) is 7. The summed E-state index contributed by atoms with van der Waals surface area (Å²) in [4.78, 5) is 21.1. The molecular weight excluding hydrogens is 356 g/mol. The predicted octanol–water partition coefficient (Wildman–Crippen LogP) is 3.32. The molecule has 7 heteroatoms. The van der Waals surface area contributed by atoms with Crippen LogP contribution < -0.4 is 20.5 Å². The van der Waals surface area contributed by atoms with Crippen LogP contribution in [0.1, 0.15) is 48.3 Å². The summed E-state index contributed by atoms with van der Waals surface area (Å²) in [7, 11) is 3.23. The van der Waals surface area contributed by atoms with E-state index in [0.717, 1.165) is 12.0 Å². The zero-order valence-corrected chi connectivity index (χ0v) is 17.1. The van der Waals surface area contributed by atoms with Gasteiger partial charge in [0.1, 0.15) is 0 Å². The highest BCUT2D eigenvalue weighted by Gasteiger charge is 2.16. The Labute approximate surface area is 166 Å². The standard InChI is InChI=1S/C21H28N4O3/c1-13(2)20-16(17(26)10-14(3)22)12-24-21(25-20)23-9-8-15-6-7-18(27-4)19(11-15)28-5/h6-7,10-13H,8-9,22H2,1-5H3,(H,23,24,25). The number of carbonyl (C=O) groups is 1. The number of anilines is 1. The number of carbonyl (C=O) groups excluding carboxylic acids is 1. The lowest BCUT2D eigenvalue weighted by atomic mass is 10.0. The maximum atomic E-state index is 12.3. The van der Waals surface area contributed by atoms with Gasteiger partial charge in [-0.05, 0) is 37.0 Å². The van der Waals surface area contributed by atoms with Gasteiger partial charge in [-0.3, -0.25) is 4.79 Å². The predicted molar refractivity (Wildman–Crippen MR) is 110 cm³/mol. The second kappa shape index (κ2) is 9.73. The van der Waals surface area contributed by atoms with E-state index < -0.39 is 0 Å². The fourth-order valence-electron chi connectivity index (χ4n) is 2.75. The van der Waals surface area contributed by atoms with Crippen molar-refractivity contribution in [2.45, 2.75) is 33.1 Å². The summed E-state index contributed by atoms with van der Waals surface area (Å²) < 4.78 is 10.6. The molecule has 7 nitrogen and oxygen atoms in total. The number of allylic oxidation sites excluding steroid dienone is 2. The number of benzene rings is 1. The molecule has 2 rings (SSSR count). The molecule has 0 aliphatic heterocycles. The van der Waals surface area contributed by atoms with Crippen LogP contribution in [0.5, 0.6) is 11.5 Å². The first-order valence-electron chi connectivity index (χ1n) is 9.15. The molecule has 0 radical (unpaired) electrons. The van der Waals surface area contributed by atoms with Gasteiger partial charge in [-0.25, -0.2) is 9.97 Å². The summed E-state index contributed by atoms with van der Waals surface area (Å²) >= 11 is 0. The fraction of sp³-hybridized carbons (Fsp3) is 0.381. The SMILES string of the molecule is COc1ccc(CCNc2ncc(C(=O)C=C(C)N)c(C(C)C)n2)cc1OC. The molecule has 28 heavy (non-hydrogen) atoms. The zero-order valence-electron chi connectivity index (χ0n) is 17.1. The molecule has 0 saturated carbocycles. The largest absolute Gasteiger partial charge is 0.493 e. The molecule has 0 fully saturated rings. The van der Waals surface area contributed by atoms with Gasteiger partial charge in [-0.2, -0.15) is 0 Å². The van der Waals surface area contributed by atoms with E-state index in [4.69, 9.17) is 15.2 Å². The Hall–Kier alpha value is -3.09.